The first kappa shape index (κ1) is 7.56. The van der Waals surface area contributed by atoms with Crippen LogP contribution in [0.1, 0.15) is 25.7 Å². The van der Waals surface area contributed by atoms with Gasteiger partial charge in [0.05, 0.1) is 0 Å². The second-order valence-corrected chi connectivity index (χ2v) is 3.88. The van der Waals surface area contributed by atoms with Gasteiger partial charge in [-0.05, 0) is 31.1 Å². The molecule has 2 aliphatic rings. The SMILES string of the molecule is NC1CCCC1C1CCOC1. The maximum Gasteiger partial charge on any atom is 0.0498 e. The van der Waals surface area contributed by atoms with Crippen LogP contribution in [0.2, 0.25) is 0 Å². The Bertz CT molecular complexity index is 132. The van der Waals surface area contributed by atoms with Crippen molar-refractivity contribution in [3.05, 3.63) is 0 Å². The van der Waals surface area contributed by atoms with E-state index >= 15 is 0 Å². The van der Waals surface area contributed by atoms with Gasteiger partial charge in [-0.25, -0.2) is 0 Å². The van der Waals surface area contributed by atoms with Crippen LogP contribution < -0.4 is 5.73 Å². The molecule has 1 aliphatic heterocycles. The molecule has 3 atom stereocenters. The third-order valence-corrected chi connectivity index (χ3v) is 3.20. The molecule has 3 unspecified atom stereocenters. The van der Waals surface area contributed by atoms with Crippen LogP contribution in [0.15, 0.2) is 0 Å². The van der Waals surface area contributed by atoms with Crippen molar-refractivity contribution in [1.82, 2.24) is 0 Å². The molecule has 0 radical (unpaired) electrons. The first-order chi connectivity index (χ1) is 5.38. The molecule has 0 spiro atoms. The van der Waals surface area contributed by atoms with Crippen molar-refractivity contribution in [2.75, 3.05) is 13.2 Å². The maximum atomic E-state index is 6.00. The highest BCUT2D eigenvalue weighted by atomic mass is 16.5. The standard InChI is InChI=1S/C9H17NO/c10-9-3-1-2-8(9)7-4-5-11-6-7/h7-9H,1-6,10H2. The second-order valence-electron chi connectivity index (χ2n) is 3.88. The smallest absolute Gasteiger partial charge is 0.0498 e. The molecule has 0 aromatic rings. The van der Waals surface area contributed by atoms with Gasteiger partial charge in [0.2, 0.25) is 0 Å². The van der Waals surface area contributed by atoms with Gasteiger partial charge in [-0.15, -0.1) is 0 Å². The summed E-state index contributed by atoms with van der Waals surface area (Å²) in [4.78, 5) is 0. The van der Waals surface area contributed by atoms with Crippen molar-refractivity contribution in [2.45, 2.75) is 31.7 Å². The Morgan fingerprint density at radius 1 is 1.18 bits per heavy atom. The Hall–Kier alpha value is -0.0800. The monoisotopic (exact) mass is 155 g/mol. The predicted octanol–water partition coefficient (Wildman–Crippen LogP) is 1.15. The Morgan fingerprint density at radius 2 is 2.09 bits per heavy atom. The molecule has 2 rings (SSSR count). The van der Waals surface area contributed by atoms with E-state index in [2.05, 4.69) is 0 Å². The van der Waals surface area contributed by atoms with E-state index < -0.39 is 0 Å². The minimum absolute atomic E-state index is 0.474. The molecular weight excluding hydrogens is 138 g/mol. The van der Waals surface area contributed by atoms with E-state index in [0.29, 0.717) is 6.04 Å². The summed E-state index contributed by atoms with van der Waals surface area (Å²) >= 11 is 0. The quantitative estimate of drug-likeness (QED) is 0.616. The second kappa shape index (κ2) is 3.11. The lowest BCUT2D eigenvalue weighted by Gasteiger charge is -2.20. The third kappa shape index (κ3) is 1.42. The lowest BCUT2D eigenvalue weighted by atomic mass is 9.88. The normalized spacial score (nSPS) is 45.0. The fourth-order valence-electron chi connectivity index (χ4n) is 2.49. The largest absolute Gasteiger partial charge is 0.381 e. The molecule has 2 nitrogen and oxygen atoms in total. The average Bonchev–Trinajstić information content (AvgIpc) is 2.55. The Labute approximate surface area is 68.1 Å². The van der Waals surface area contributed by atoms with E-state index in [-0.39, 0.29) is 0 Å². The highest BCUT2D eigenvalue weighted by molar-refractivity contribution is 4.86. The summed E-state index contributed by atoms with van der Waals surface area (Å²) in [5, 5.41) is 0. The highest BCUT2D eigenvalue weighted by Crippen LogP contribution is 2.34. The van der Waals surface area contributed by atoms with Crippen LogP contribution >= 0.6 is 0 Å². The van der Waals surface area contributed by atoms with Crippen molar-refractivity contribution >= 4 is 0 Å². The first-order valence-corrected chi connectivity index (χ1v) is 4.71. The Morgan fingerprint density at radius 3 is 2.64 bits per heavy atom. The number of ether oxygens (including phenoxy) is 1. The van der Waals surface area contributed by atoms with E-state index in [1.165, 1.54) is 25.7 Å². The molecule has 0 aromatic carbocycles. The summed E-state index contributed by atoms with van der Waals surface area (Å²) in [6.07, 6.45) is 5.16. The molecule has 1 heterocycles. The molecule has 1 saturated heterocycles. The van der Waals surface area contributed by atoms with Gasteiger partial charge >= 0.3 is 0 Å². The van der Waals surface area contributed by atoms with Gasteiger partial charge < -0.3 is 10.5 Å². The summed E-state index contributed by atoms with van der Waals surface area (Å²) in [5.41, 5.74) is 6.00. The number of hydrogen-bond acceptors (Lipinski definition) is 2. The molecule has 64 valence electrons. The van der Waals surface area contributed by atoms with Crippen molar-refractivity contribution in [2.24, 2.45) is 17.6 Å². The predicted molar refractivity (Wildman–Crippen MR) is 44.2 cm³/mol. The number of hydrogen-bond donors (Lipinski definition) is 1. The number of nitrogens with two attached hydrogens (primary N) is 1. The summed E-state index contributed by atoms with van der Waals surface area (Å²) in [6, 6.07) is 0.474. The molecule has 2 fully saturated rings. The van der Waals surface area contributed by atoms with Crippen molar-refractivity contribution in [3.63, 3.8) is 0 Å². The van der Waals surface area contributed by atoms with Gasteiger partial charge in [-0.2, -0.15) is 0 Å². The maximum absolute atomic E-state index is 6.00. The zero-order valence-corrected chi connectivity index (χ0v) is 6.96. The van der Waals surface area contributed by atoms with Crippen LogP contribution in [-0.4, -0.2) is 19.3 Å². The van der Waals surface area contributed by atoms with E-state index in [1.807, 2.05) is 0 Å². The Kier molecular flexibility index (Phi) is 2.14. The molecule has 0 amide bonds. The molecule has 2 heteroatoms. The minimum atomic E-state index is 0.474. The summed E-state index contributed by atoms with van der Waals surface area (Å²) in [5.74, 6) is 1.56. The van der Waals surface area contributed by atoms with Gasteiger partial charge in [0.1, 0.15) is 0 Å². The molecular formula is C9H17NO. The van der Waals surface area contributed by atoms with Gasteiger partial charge in [0.25, 0.3) is 0 Å². The zero-order valence-electron chi connectivity index (χ0n) is 6.96. The number of rotatable bonds is 1. The van der Waals surface area contributed by atoms with Crippen molar-refractivity contribution < 1.29 is 4.74 Å². The van der Waals surface area contributed by atoms with Crippen LogP contribution in [0, 0.1) is 11.8 Å². The topological polar surface area (TPSA) is 35.2 Å². The summed E-state index contributed by atoms with van der Waals surface area (Å²) in [6.45, 7) is 1.94. The third-order valence-electron chi connectivity index (χ3n) is 3.20. The van der Waals surface area contributed by atoms with E-state index in [1.54, 1.807) is 0 Å². The van der Waals surface area contributed by atoms with Crippen LogP contribution in [0.25, 0.3) is 0 Å². The molecule has 1 aliphatic carbocycles. The highest BCUT2D eigenvalue weighted by Gasteiger charge is 2.33. The molecule has 11 heavy (non-hydrogen) atoms. The molecule has 0 aromatic heterocycles. The minimum Gasteiger partial charge on any atom is -0.381 e. The van der Waals surface area contributed by atoms with Gasteiger partial charge in [-0.3, -0.25) is 0 Å². The van der Waals surface area contributed by atoms with Crippen LogP contribution in [0.5, 0.6) is 0 Å². The van der Waals surface area contributed by atoms with Gasteiger partial charge in [0.15, 0.2) is 0 Å². The Balaban J connectivity index is 1.92. The summed E-state index contributed by atoms with van der Waals surface area (Å²) < 4.78 is 5.36. The molecule has 2 N–H and O–H groups in total. The summed E-state index contributed by atoms with van der Waals surface area (Å²) in [7, 11) is 0. The molecule has 1 saturated carbocycles. The van der Waals surface area contributed by atoms with Crippen LogP contribution in [0.3, 0.4) is 0 Å². The van der Waals surface area contributed by atoms with E-state index in [4.69, 9.17) is 10.5 Å². The van der Waals surface area contributed by atoms with E-state index in [9.17, 15) is 0 Å². The lowest BCUT2D eigenvalue weighted by molar-refractivity contribution is 0.169. The van der Waals surface area contributed by atoms with Crippen LogP contribution in [0.4, 0.5) is 0 Å². The zero-order chi connectivity index (χ0) is 7.68. The van der Waals surface area contributed by atoms with Gasteiger partial charge in [-0.1, -0.05) is 6.42 Å². The van der Waals surface area contributed by atoms with Gasteiger partial charge in [0, 0.05) is 19.3 Å². The molecule has 0 bridgehead atoms. The van der Waals surface area contributed by atoms with Crippen molar-refractivity contribution in [3.8, 4) is 0 Å². The van der Waals surface area contributed by atoms with Crippen LogP contribution in [-0.2, 0) is 4.74 Å². The average molecular weight is 155 g/mol. The fourth-order valence-corrected chi connectivity index (χ4v) is 2.49. The lowest BCUT2D eigenvalue weighted by Crippen LogP contribution is -2.30. The fraction of sp³-hybridized carbons (Fsp3) is 1.00. The van der Waals surface area contributed by atoms with Crippen molar-refractivity contribution in [1.29, 1.82) is 0 Å². The van der Waals surface area contributed by atoms with E-state index in [0.717, 1.165) is 25.0 Å². The first-order valence-electron chi connectivity index (χ1n) is 4.71.